The third-order valence-corrected chi connectivity index (χ3v) is 9.73. The zero-order valence-electron chi connectivity index (χ0n) is 23.7. The quantitative estimate of drug-likeness (QED) is 0.413. The Labute approximate surface area is 208 Å². The van der Waals surface area contributed by atoms with Crippen LogP contribution < -0.4 is 0 Å². The van der Waals surface area contributed by atoms with Crippen molar-refractivity contribution in [2.75, 3.05) is 0 Å². The SMILES string of the molecule is CC(C)(C)C1C2CC3CC1CC(C)(C2)N3O.CC(C)(C)c1ccc2c(c1)C(C)(C)N(O)C2(C)C. The fourth-order valence-electron chi connectivity index (χ4n) is 8.33. The number of nitrogens with zero attached hydrogens (tertiary/aromatic N) is 2. The third-order valence-electron chi connectivity index (χ3n) is 9.73. The van der Waals surface area contributed by atoms with Gasteiger partial charge in [-0.1, -0.05) is 59.7 Å². The topological polar surface area (TPSA) is 46.9 Å². The lowest BCUT2D eigenvalue weighted by molar-refractivity contribution is -0.288. The van der Waals surface area contributed by atoms with Crippen LogP contribution >= 0.6 is 0 Å². The van der Waals surface area contributed by atoms with E-state index in [1.807, 2.05) is 0 Å². The molecule has 0 radical (unpaired) electrons. The second-order valence-corrected chi connectivity index (χ2v) is 15.2. The van der Waals surface area contributed by atoms with E-state index in [0.717, 1.165) is 17.8 Å². The van der Waals surface area contributed by atoms with E-state index in [2.05, 4.69) is 94.4 Å². The van der Waals surface area contributed by atoms with Crippen molar-refractivity contribution in [1.82, 2.24) is 10.1 Å². The highest BCUT2D eigenvalue weighted by Gasteiger charge is 2.59. The Kier molecular flexibility index (Phi) is 5.98. The summed E-state index contributed by atoms with van der Waals surface area (Å²) in [4.78, 5) is 0. The number of benzene rings is 1. The summed E-state index contributed by atoms with van der Waals surface area (Å²) in [5.74, 6) is 2.59. The lowest BCUT2D eigenvalue weighted by Gasteiger charge is -2.64. The molecule has 2 N–H and O–H groups in total. The maximum atomic E-state index is 10.4. The molecule has 4 nitrogen and oxygen atoms in total. The summed E-state index contributed by atoms with van der Waals surface area (Å²) in [6.07, 6.45) is 4.87. The van der Waals surface area contributed by atoms with Gasteiger partial charge in [0.25, 0.3) is 0 Å². The molecule has 2 saturated heterocycles. The molecule has 6 rings (SSSR count). The molecule has 192 valence electrons. The molecule has 4 bridgehead atoms. The third kappa shape index (κ3) is 3.97. The van der Waals surface area contributed by atoms with E-state index in [1.165, 1.54) is 47.4 Å². The molecule has 3 heterocycles. The molecule has 1 aromatic carbocycles. The Bertz CT molecular complexity index is 920. The van der Waals surface area contributed by atoms with Crippen molar-refractivity contribution >= 4 is 0 Å². The predicted octanol–water partition coefficient (Wildman–Crippen LogP) is 7.46. The van der Waals surface area contributed by atoms with E-state index >= 15 is 0 Å². The standard InChI is InChI=1S/C16H25NO.C14H25NO/c1-14(2,3)11-8-9-12-13(10-11)16(6,7)17(18)15(12,4)5;1-13(2,3)12-9-5-11-6-10(12)8-14(4,7-9)15(11)16/h8-10,18H,1-7H3;9-12,16H,5-8H2,1-4H3. The number of fused-ring (bicyclic) bond motifs is 1. The fourth-order valence-corrected chi connectivity index (χ4v) is 8.33. The summed E-state index contributed by atoms with van der Waals surface area (Å²) in [6, 6.07) is 7.08. The number of hydrogen-bond acceptors (Lipinski definition) is 4. The summed E-state index contributed by atoms with van der Waals surface area (Å²) in [7, 11) is 0. The van der Waals surface area contributed by atoms with Crippen LogP contribution in [0.4, 0.5) is 0 Å². The van der Waals surface area contributed by atoms with E-state index in [-0.39, 0.29) is 22.0 Å². The van der Waals surface area contributed by atoms with Gasteiger partial charge >= 0.3 is 0 Å². The highest BCUT2D eigenvalue weighted by atomic mass is 16.5. The van der Waals surface area contributed by atoms with Crippen LogP contribution in [-0.2, 0) is 16.5 Å². The molecule has 2 atom stereocenters. The zero-order chi connectivity index (χ0) is 25.6. The highest BCUT2D eigenvalue weighted by Crippen LogP contribution is 2.60. The first-order valence-corrected chi connectivity index (χ1v) is 13.4. The summed E-state index contributed by atoms with van der Waals surface area (Å²) in [5.41, 5.74) is 3.80. The average molecular weight is 471 g/mol. The van der Waals surface area contributed by atoms with Gasteiger partial charge in [-0.3, -0.25) is 0 Å². The molecule has 0 amide bonds. The Hall–Kier alpha value is -0.940. The molecule has 4 heteroatoms. The lowest BCUT2D eigenvalue weighted by atomic mass is 9.49. The number of hydroxylamine groups is 4. The largest absolute Gasteiger partial charge is 0.313 e. The van der Waals surface area contributed by atoms with Crippen LogP contribution in [0.2, 0.25) is 0 Å². The van der Waals surface area contributed by atoms with Crippen LogP contribution in [0.1, 0.15) is 119 Å². The monoisotopic (exact) mass is 470 g/mol. The van der Waals surface area contributed by atoms with Crippen LogP contribution in [0.5, 0.6) is 0 Å². The fraction of sp³-hybridized carbons (Fsp3) is 0.800. The molecule has 34 heavy (non-hydrogen) atoms. The van der Waals surface area contributed by atoms with E-state index in [1.54, 1.807) is 5.06 Å². The number of rotatable bonds is 0. The lowest BCUT2D eigenvalue weighted by Crippen LogP contribution is -2.67. The zero-order valence-corrected chi connectivity index (χ0v) is 23.7. The molecule has 2 saturated carbocycles. The van der Waals surface area contributed by atoms with Crippen LogP contribution in [0.15, 0.2) is 18.2 Å². The Balaban J connectivity index is 0.000000162. The smallest absolute Gasteiger partial charge is 0.0665 e. The van der Waals surface area contributed by atoms with Crippen molar-refractivity contribution in [3.63, 3.8) is 0 Å². The maximum Gasteiger partial charge on any atom is 0.0665 e. The summed E-state index contributed by atoms with van der Waals surface area (Å²) in [5, 5.41) is 23.8. The van der Waals surface area contributed by atoms with Gasteiger partial charge in [-0.15, -0.1) is 0 Å². The molecular weight excluding hydrogens is 420 g/mol. The molecule has 0 aromatic heterocycles. The van der Waals surface area contributed by atoms with Gasteiger partial charge in [0.05, 0.1) is 11.1 Å². The number of piperidine rings is 2. The highest BCUT2D eigenvalue weighted by molar-refractivity contribution is 5.46. The molecule has 3 aliphatic heterocycles. The minimum absolute atomic E-state index is 0.0955. The summed E-state index contributed by atoms with van der Waals surface area (Å²) in [6.45, 7) is 24.4. The minimum Gasteiger partial charge on any atom is -0.313 e. The van der Waals surface area contributed by atoms with Gasteiger partial charge in [0.1, 0.15) is 0 Å². The van der Waals surface area contributed by atoms with Crippen LogP contribution in [0.25, 0.3) is 0 Å². The van der Waals surface area contributed by atoms with Gasteiger partial charge in [0.2, 0.25) is 0 Å². The van der Waals surface area contributed by atoms with Crippen LogP contribution in [0, 0.1) is 23.2 Å². The van der Waals surface area contributed by atoms with Crippen LogP contribution in [-0.4, -0.2) is 32.1 Å². The second-order valence-electron chi connectivity index (χ2n) is 15.2. The second kappa shape index (κ2) is 7.78. The first-order valence-electron chi connectivity index (χ1n) is 13.4. The van der Waals surface area contributed by atoms with Crippen molar-refractivity contribution in [2.24, 2.45) is 23.2 Å². The van der Waals surface area contributed by atoms with E-state index in [4.69, 9.17) is 0 Å². The number of hydrogen-bond donors (Lipinski definition) is 2. The van der Waals surface area contributed by atoms with Crippen molar-refractivity contribution < 1.29 is 10.4 Å². The summed E-state index contributed by atoms with van der Waals surface area (Å²) < 4.78 is 0. The first kappa shape index (κ1) is 26.1. The normalized spacial score (nSPS) is 36.3. The average Bonchev–Trinajstić information content (AvgIpc) is 2.81. The maximum absolute atomic E-state index is 10.4. The van der Waals surface area contributed by atoms with E-state index in [9.17, 15) is 10.4 Å². The van der Waals surface area contributed by atoms with Gasteiger partial charge in [-0.05, 0) is 106 Å². The first-order chi connectivity index (χ1) is 15.3. The Morgan fingerprint density at radius 3 is 1.74 bits per heavy atom. The predicted molar refractivity (Wildman–Crippen MR) is 139 cm³/mol. The van der Waals surface area contributed by atoms with Crippen molar-refractivity contribution in [2.45, 2.75) is 130 Å². The molecule has 2 aliphatic carbocycles. The van der Waals surface area contributed by atoms with Crippen molar-refractivity contribution in [3.8, 4) is 0 Å². The van der Waals surface area contributed by atoms with Gasteiger partial charge in [-0.2, -0.15) is 10.1 Å². The molecular formula is C30H50N2O2. The van der Waals surface area contributed by atoms with Gasteiger partial charge < -0.3 is 10.4 Å². The Morgan fingerprint density at radius 1 is 0.794 bits per heavy atom. The molecule has 0 spiro atoms. The molecule has 1 aromatic rings. The van der Waals surface area contributed by atoms with Crippen LogP contribution in [0.3, 0.4) is 0 Å². The van der Waals surface area contributed by atoms with Crippen molar-refractivity contribution in [3.05, 3.63) is 34.9 Å². The minimum atomic E-state index is -0.333. The molecule has 4 fully saturated rings. The van der Waals surface area contributed by atoms with Gasteiger partial charge in [-0.25, -0.2) is 0 Å². The van der Waals surface area contributed by atoms with E-state index < -0.39 is 0 Å². The van der Waals surface area contributed by atoms with Gasteiger partial charge in [0, 0.05) is 11.6 Å². The summed E-state index contributed by atoms with van der Waals surface area (Å²) >= 11 is 0. The Morgan fingerprint density at radius 2 is 1.29 bits per heavy atom. The van der Waals surface area contributed by atoms with E-state index in [0.29, 0.717) is 11.5 Å². The molecule has 2 unspecified atom stereocenters. The van der Waals surface area contributed by atoms with Gasteiger partial charge in [0.15, 0.2) is 0 Å². The van der Waals surface area contributed by atoms with Crippen molar-refractivity contribution in [1.29, 1.82) is 0 Å². The molecule has 5 aliphatic rings.